The van der Waals surface area contributed by atoms with Crippen molar-refractivity contribution in [1.29, 1.82) is 0 Å². The molecule has 0 saturated heterocycles. The molecule has 9 rings (SSSR count). The van der Waals surface area contributed by atoms with Gasteiger partial charge in [0.1, 0.15) is 51.1 Å². The number of fused-ring (bicyclic) bond motifs is 8. The van der Waals surface area contributed by atoms with E-state index in [1.807, 2.05) is 36.4 Å². The predicted molar refractivity (Wildman–Crippen MR) is 317 cm³/mol. The van der Waals surface area contributed by atoms with E-state index < -0.39 is 27.3 Å². The smallest absolute Gasteiger partial charge is 0.453 e. The highest BCUT2D eigenvalue weighted by molar-refractivity contribution is 7.32. The van der Waals surface area contributed by atoms with E-state index in [0.29, 0.717) is 45.3 Å². The molecule has 76 heavy (non-hydrogen) atoms. The normalized spacial score (nSPS) is 13.0. The molecule has 9 nitrogen and oxygen atoms in total. The maximum Gasteiger partial charge on any atom is 0.453 e. The third-order valence-electron chi connectivity index (χ3n) is 14.2. The van der Waals surface area contributed by atoms with Crippen molar-refractivity contribution >= 4 is 71.1 Å². The molecule has 7 aromatic carbocycles. The highest BCUT2D eigenvalue weighted by Crippen LogP contribution is 2.54. The van der Waals surface area contributed by atoms with Crippen molar-refractivity contribution in [2.24, 2.45) is 0 Å². The van der Waals surface area contributed by atoms with E-state index >= 15 is 0 Å². The highest BCUT2D eigenvalue weighted by Gasteiger charge is 2.32. The fourth-order valence-electron chi connectivity index (χ4n) is 10.2. The number of methoxy groups -OCH3 is 3. The lowest BCUT2D eigenvalue weighted by molar-refractivity contribution is 0.407. The van der Waals surface area contributed by atoms with Crippen LogP contribution in [0.3, 0.4) is 0 Å². The Morgan fingerprint density at radius 2 is 0.868 bits per heavy atom. The first kappa shape index (κ1) is 54.4. The van der Waals surface area contributed by atoms with Crippen LogP contribution in [0.5, 0.6) is 28.7 Å². The van der Waals surface area contributed by atoms with E-state index in [2.05, 4.69) is 178 Å². The molecule has 400 valence electrons. The van der Waals surface area contributed by atoms with Gasteiger partial charge in [0.2, 0.25) is 0 Å². The van der Waals surface area contributed by atoms with Crippen LogP contribution < -0.4 is 23.3 Å². The fourth-order valence-corrected chi connectivity index (χ4v) is 12.4. The van der Waals surface area contributed by atoms with Gasteiger partial charge in [-0.2, -0.15) is 0 Å². The molecule has 11 heteroatoms. The molecule has 1 unspecified atom stereocenters. The molecule has 9 aromatic rings. The Morgan fingerprint density at radius 1 is 0.382 bits per heavy atom. The zero-order valence-corrected chi connectivity index (χ0v) is 50.1. The van der Waals surface area contributed by atoms with E-state index in [9.17, 15) is 0 Å². The lowest BCUT2D eigenvalue weighted by atomic mass is 9.82. The minimum Gasteiger partial charge on any atom is -0.497 e. The SMILES string of the molecule is COc1cc(-c2cc(Op3oc4c(C(C)(C)C)cc(C)cc4c4cc(C)cc(C(C)(C)C)c4o3)c(C(C)(C)C)cc2OC)c(Op2oc3ccc4ccccc4c3c3cc(OC)cc(C(C)(C)C)c3o2)c(C(C)(C)C)c1. The number of rotatable bonds is 8. The molecule has 0 fully saturated rings. The van der Waals surface area contributed by atoms with Crippen molar-refractivity contribution in [2.75, 3.05) is 21.3 Å². The minimum absolute atomic E-state index is 0.263. The van der Waals surface area contributed by atoms with Crippen LogP contribution in [0.15, 0.2) is 114 Å². The van der Waals surface area contributed by atoms with Crippen molar-refractivity contribution in [2.45, 2.75) is 145 Å². The van der Waals surface area contributed by atoms with Gasteiger partial charge in [0.25, 0.3) is 0 Å². The van der Waals surface area contributed by atoms with Crippen LogP contribution in [0.2, 0.25) is 0 Å². The Morgan fingerprint density at radius 3 is 1.39 bits per heavy atom. The first-order chi connectivity index (χ1) is 35.5. The summed E-state index contributed by atoms with van der Waals surface area (Å²) in [6.45, 7) is 37.1. The van der Waals surface area contributed by atoms with Crippen LogP contribution in [0.25, 0.3) is 65.8 Å². The van der Waals surface area contributed by atoms with Gasteiger partial charge in [-0.15, -0.1) is 0 Å². The van der Waals surface area contributed by atoms with Gasteiger partial charge >= 0.3 is 16.5 Å². The number of hydrogen-bond donors (Lipinski definition) is 0. The molecule has 0 N–H and O–H groups in total. The maximum absolute atomic E-state index is 7.41. The molecule has 0 aliphatic heterocycles. The van der Waals surface area contributed by atoms with Crippen LogP contribution in [0.1, 0.15) is 143 Å². The van der Waals surface area contributed by atoms with Gasteiger partial charge in [0.05, 0.1) is 21.3 Å². The van der Waals surface area contributed by atoms with Gasteiger partial charge in [-0.1, -0.05) is 146 Å². The first-order valence-corrected chi connectivity index (χ1v) is 28.4. The standard InChI is InChI=1S/C65H76O9P2/c1-37-27-44-45-28-38(2)30-50(63(9,10)11)58(45)72-76(71-57(44)49(29-37)62(6,7)8)70-55-35-43(54(68-20)36-48(55)61(3,4)5)46-31-40(66-18)33-51(64(12,13)14)59(46)73-75-69-53-26-25-39-23-21-22-24-42(39)56(53)47-32-41(67-19)34-52(60(47)74-75)65(15,16)17/h21-36H,1-20H3. The van der Waals surface area contributed by atoms with Gasteiger partial charge < -0.3 is 40.0 Å². The predicted octanol–water partition coefficient (Wildman–Crippen LogP) is 20.5. The average Bonchev–Trinajstić information content (AvgIpc) is 3.67. The zero-order chi connectivity index (χ0) is 55.2. The molecule has 2 heterocycles. The van der Waals surface area contributed by atoms with Crippen LogP contribution >= 0.6 is 16.5 Å². The van der Waals surface area contributed by atoms with E-state index in [4.69, 9.17) is 40.0 Å². The number of benzene rings is 7. The second kappa shape index (κ2) is 19.6. The van der Waals surface area contributed by atoms with Gasteiger partial charge in [-0.3, -0.25) is 0 Å². The lowest BCUT2D eigenvalue weighted by Gasteiger charge is -2.27. The molecule has 0 spiro atoms. The number of hydrogen-bond acceptors (Lipinski definition) is 9. The summed E-state index contributed by atoms with van der Waals surface area (Å²) in [7, 11) is 0.745. The Bertz CT molecular complexity index is 3740. The van der Waals surface area contributed by atoms with Gasteiger partial charge in [-0.25, -0.2) is 0 Å². The Balaban J connectivity index is 1.37. The summed E-state index contributed by atoms with van der Waals surface area (Å²) in [5.41, 5.74) is 9.61. The monoisotopic (exact) mass is 1060 g/mol. The van der Waals surface area contributed by atoms with Gasteiger partial charge in [0.15, 0.2) is 0 Å². The summed E-state index contributed by atoms with van der Waals surface area (Å²) in [6.07, 6.45) is 0. The Kier molecular flexibility index (Phi) is 14.0. The first-order valence-electron chi connectivity index (χ1n) is 26.2. The Hall–Kier alpha value is -6.40. The van der Waals surface area contributed by atoms with Crippen molar-refractivity contribution in [1.82, 2.24) is 0 Å². The molecule has 0 aliphatic rings. The zero-order valence-electron chi connectivity index (χ0n) is 48.3. The van der Waals surface area contributed by atoms with Crippen molar-refractivity contribution in [3.05, 3.63) is 136 Å². The van der Waals surface area contributed by atoms with E-state index in [-0.39, 0.29) is 16.2 Å². The molecule has 0 saturated carbocycles. The summed E-state index contributed by atoms with van der Waals surface area (Å²) in [6, 6.07) is 33.5. The summed E-state index contributed by atoms with van der Waals surface area (Å²) in [5, 5.41) is 5.84. The van der Waals surface area contributed by atoms with Crippen LogP contribution in [0, 0.1) is 13.8 Å². The third kappa shape index (κ3) is 10.4. The Labute approximate surface area is 451 Å². The molecule has 0 amide bonds. The van der Waals surface area contributed by atoms with Crippen LogP contribution in [0.4, 0.5) is 0 Å². The van der Waals surface area contributed by atoms with Crippen molar-refractivity contribution < 1.29 is 40.0 Å². The molecule has 1 atom stereocenters. The van der Waals surface area contributed by atoms with Gasteiger partial charge in [-0.05, 0) is 117 Å². The lowest BCUT2D eigenvalue weighted by Crippen LogP contribution is -2.14. The second-order valence-electron chi connectivity index (χ2n) is 25.4. The van der Waals surface area contributed by atoms with E-state index in [1.54, 1.807) is 21.3 Å². The van der Waals surface area contributed by atoms with Crippen molar-refractivity contribution in [3.63, 3.8) is 0 Å². The average molecular weight is 1060 g/mol. The van der Waals surface area contributed by atoms with Crippen molar-refractivity contribution in [3.8, 4) is 39.9 Å². The van der Waals surface area contributed by atoms with Gasteiger partial charge in [0, 0.05) is 60.5 Å². The molecular weight excluding hydrogens is 987 g/mol. The molecular formula is C65H76O9P2. The molecule has 0 radical (unpaired) electrons. The minimum atomic E-state index is -2.20. The summed E-state index contributed by atoms with van der Waals surface area (Å²) >= 11 is 0. The summed E-state index contributed by atoms with van der Waals surface area (Å²) in [4.78, 5) is 0. The number of aryl methyl sites for hydroxylation is 2. The van der Waals surface area contributed by atoms with Crippen LogP contribution in [-0.2, 0) is 27.1 Å². The quantitative estimate of drug-likeness (QED) is 0.147. The van der Waals surface area contributed by atoms with E-state index in [0.717, 1.165) is 88.2 Å². The highest BCUT2D eigenvalue weighted by atomic mass is 31.1. The van der Waals surface area contributed by atoms with E-state index in [1.165, 1.54) is 0 Å². The fraction of sp³-hybridized carbons (Fsp3) is 0.385. The molecule has 0 aliphatic carbocycles. The maximum atomic E-state index is 7.41. The molecule has 0 bridgehead atoms. The molecule has 2 aromatic heterocycles. The topological polar surface area (TPSA) is 98.7 Å². The summed E-state index contributed by atoms with van der Waals surface area (Å²) < 4.78 is 62.0. The third-order valence-corrected chi connectivity index (χ3v) is 16.2. The number of ether oxygens (including phenoxy) is 3. The van der Waals surface area contributed by atoms with Crippen LogP contribution in [-0.4, -0.2) is 21.3 Å². The second-order valence-corrected chi connectivity index (χ2v) is 27.4. The summed E-state index contributed by atoms with van der Waals surface area (Å²) in [5.74, 6) is 3.09. The largest absolute Gasteiger partial charge is 0.497 e.